The van der Waals surface area contributed by atoms with E-state index < -0.39 is 12.0 Å². The maximum absolute atomic E-state index is 12.6. The van der Waals surface area contributed by atoms with Gasteiger partial charge in [0.2, 0.25) is 11.8 Å². The van der Waals surface area contributed by atoms with Crippen LogP contribution in [0.15, 0.2) is 18.2 Å². The summed E-state index contributed by atoms with van der Waals surface area (Å²) in [6, 6.07) is 3.87. The van der Waals surface area contributed by atoms with Crippen molar-refractivity contribution in [1.82, 2.24) is 4.90 Å². The van der Waals surface area contributed by atoms with Gasteiger partial charge in [-0.3, -0.25) is 9.59 Å². The van der Waals surface area contributed by atoms with Crippen LogP contribution in [0.3, 0.4) is 0 Å². The fourth-order valence-electron chi connectivity index (χ4n) is 2.88. The molecule has 24 heavy (non-hydrogen) atoms. The van der Waals surface area contributed by atoms with Gasteiger partial charge < -0.3 is 20.1 Å². The van der Waals surface area contributed by atoms with Crippen LogP contribution in [-0.4, -0.2) is 47.5 Å². The minimum Gasteiger partial charge on any atom is -0.496 e. The second-order valence-electron chi connectivity index (χ2n) is 5.66. The van der Waals surface area contributed by atoms with Gasteiger partial charge in [0.25, 0.3) is 0 Å². The molecule has 1 atom stereocenters. The fourth-order valence-corrected chi connectivity index (χ4v) is 2.88. The summed E-state index contributed by atoms with van der Waals surface area (Å²) < 4.78 is 5.05. The first-order valence-corrected chi connectivity index (χ1v) is 7.99. The Morgan fingerprint density at radius 3 is 2.71 bits per heavy atom. The molecular weight excluding hydrogens is 312 g/mol. The zero-order valence-electron chi connectivity index (χ0n) is 13.9. The number of ether oxygens (including phenoxy) is 1. The van der Waals surface area contributed by atoms with E-state index in [1.807, 2.05) is 0 Å². The smallest absolute Gasteiger partial charge is 0.339 e. The minimum absolute atomic E-state index is 0.0240. The summed E-state index contributed by atoms with van der Waals surface area (Å²) in [5.74, 6) is -1.22. The standard InChI is InChI=1S/C17H22N2O5/c1-3-15(20)19-9-5-4-6-13(19)16(21)18-11-7-8-12(17(22)23)14(10-11)24-2/h7-8,10,13H,3-6,9H2,1-2H3,(H,18,21)(H,22,23). The molecule has 1 saturated heterocycles. The third kappa shape index (κ3) is 3.84. The summed E-state index contributed by atoms with van der Waals surface area (Å²) >= 11 is 0. The normalized spacial score (nSPS) is 17.2. The number of amides is 2. The van der Waals surface area contributed by atoms with E-state index in [-0.39, 0.29) is 23.1 Å². The second-order valence-corrected chi connectivity index (χ2v) is 5.66. The Morgan fingerprint density at radius 1 is 1.33 bits per heavy atom. The highest BCUT2D eigenvalue weighted by molar-refractivity contribution is 5.98. The number of benzene rings is 1. The van der Waals surface area contributed by atoms with Crippen LogP contribution < -0.4 is 10.1 Å². The number of carbonyl (C=O) groups is 3. The van der Waals surface area contributed by atoms with E-state index in [2.05, 4.69) is 5.32 Å². The van der Waals surface area contributed by atoms with Crippen molar-refractivity contribution in [2.75, 3.05) is 19.0 Å². The first-order valence-electron chi connectivity index (χ1n) is 7.99. The monoisotopic (exact) mass is 334 g/mol. The molecule has 7 nitrogen and oxygen atoms in total. The Balaban J connectivity index is 2.16. The Hall–Kier alpha value is -2.57. The van der Waals surface area contributed by atoms with Gasteiger partial charge in [-0.2, -0.15) is 0 Å². The van der Waals surface area contributed by atoms with Crippen molar-refractivity contribution in [2.24, 2.45) is 0 Å². The number of anilines is 1. The molecule has 1 aromatic carbocycles. The summed E-state index contributed by atoms with van der Waals surface area (Å²) in [5, 5.41) is 11.8. The van der Waals surface area contributed by atoms with E-state index in [1.165, 1.54) is 25.3 Å². The number of hydrogen-bond donors (Lipinski definition) is 2. The Kier molecular flexibility index (Phi) is 5.78. The number of hydrogen-bond acceptors (Lipinski definition) is 4. The van der Waals surface area contributed by atoms with Gasteiger partial charge in [-0.05, 0) is 31.4 Å². The van der Waals surface area contributed by atoms with Gasteiger partial charge in [-0.25, -0.2) is 4.79 Å². The molecule has 130 valence electrons. The van der Waals surface area contributed by atoms with Crippen molar-refractivity contribution >= 4 is 23.5 Å². The van der Waals surface area contributed by atoms with Gasteiger partial charge in [-0.1, -0.05) is 6.92 Å². The zero-order valence-corrected chi connectivity index (χ0v) is 13.9. The van der Waals surface area contributed by atoms with Crippen molar-refractivity contribution in [1.29, 1.82) is 0 Å². The molecule has 1 heterocycles. The maximum atomic E-state index is 12.6. The number of piperidine rings is 1. The van der Waals surface area contributed by atoms with Crippen LogP contribution >= 0.6 is 0 Å². The third-order valence-corrected chi connectivity index (χ3v) is 4.13. The largest absolute Gasteiger partial charge is 0.496 e. The zero-order chi connectivity index (χ0) is 17.7. The number of carboxylic acid groups (broad SMARTS) is 1. The molecule has 1 aliphatic heterocycles. The highest BCUT2D eigenvalue weighted by Gasteiger charge is 2.31. The SMILES string of the molecule is CCC(=O)N1CCCCC1C(=O)Nc1ccc(C(=O)O)c(OC)c1. The molecule has 0 aliphatic carbocycles. The Morgan fingerprint density at radius 2 is 2.08 bits per heavy atom. The van der Waals surface area contributed by atoms with E-state index in [1.54, 1.807) is 11.8 Å². The molecule has 1 fully saturated rings. The van der Waals surface area contributed by atoms with Gasteiger partial charge in [0.1, 0.15) is 17.4 Å². The number of carbonyl (C=O) groups excluding carboxylic acids is 2. The lowest BCUT2D eigenvalue weighted by Gasteiger charge is -2.34. The molecule has 0 radical (unpaired) electrons. The maximum Gasteiger partial charge on any atom is 0.339 e. The van der Waals surface area contributed by atoms with Crippen molar-refractivity contribution in [2.45, 2.75) is 38.6 Å². The van der Waals surface area contributed by atoms with E-state index in [0.29, 0.717) is 25.1 Å². The predicted molar refractivity (Wildman–Crippen MR) is 88.2 cm³/mol. The van der Waals surface area contributed by atoms with Crippen molar-refractivity contribution in [3.63, 3.8) is 0 Å². The molecule has 7 heteroatoms. The van der Waals surface area contributed by atoms with Crippen LogP contribution in [0.1, 0.15) is 43.0 Å². The molecule has 0 bridgehead atoms. The van der Waals surface area contributed by atoms with Crippen molar-refractivity contribution in [3.05, 3.63) is 23.8 Å². The molecule has 0 aromatic heterocycles. The Bertz CT molecular complexity index is 644. The van der Waals surface area contributed by atoms with Gasteiger partial charge >= 0.3 is 5.97 Å². The number of aromatic carboxylic acids is 1. The molecule has 0 spiro atoms. The van der Waals surface area contributed by atoms with Crippen molar-refractivity contribution in [3.8, 4) is 5.75 Å². The summed E-state index contributed by atoms with van der Waals surface area (Å²) in [6.07, 6.45) is 2.79. The average molecular weight is 334 g/mol. The first kappa shape index (κ1) is 17.8. The predicted octanol–water partition coefficient (Wildman–Crippen LogP) is 2.12. The molecule has 1 aliphatic rings. The van der Waals surface area contributed by atoms with Crippen LogP contribution in [0.25, 0.3) is 0 Å². The quantitative estimate of drug-likeness (QED) is 0.860. The van der Waals surface area contributed by atoms with Gasteiger partial charge in [0, 0.05) is 24.7 Å². The van der Waals surface area contributed by atoms with E-state index in [0.717, 1.165) is 12.8 Å². The molecule has 1 unspecified atom stereocenters. The van der Waals surface area contributed by atoms with Gasteiger partial charge in [-0.15, -0.1) is 0 Å². The number of rotatable bonds is 5. The molecule has 0 saturated carbocycles. The number of nitrogens with zero attached hydrogens (tertiary/aromatic N) is 1. The number of carboxylic acids is 1. The minimum atomic E-state index is -1.10. The fraction of sp³-hybridized carbons (Fsp3) is 0.471. The summed E-state index contributed by atoms with van der Waals surface area (Å²) in [7, 11) is 1.37. The second kappa shape index (κ2) is 7.81. The van der Waals surface area contributed by atoms with Crippen LogP contribution in [0.4, 0.5) is 5.69 Å². The average Bonchev–Trinajstić information content (AvgIpc) is 2.60. The van der Waals surface area contributed by atoms with Gasteiger partial charge in [0.05, 0.1) is 7.11 Å². The summed E-state index contributed by atoms with van der Waals surface area (Å²) in [5.41, 5.74) is 0.465. The van der Waals surface area contributed by atoms with E-state index >= 15 is 0 Å². The van der Waals surface area contributed by atoms with E-state index in [4.69, 9.17) is 9.84 Å². The number of methoxy groups -OCH3 is 1. The lowest BCUT2D eigenvalue weighted by atomic mass is 10.0. The third-order valence-electron chi connectivity index (χ3n) is 4.13. The van der Waals surface area contributed by atoms with Crippen LogP contribution in [0, 0.1) is 0 Å². The van der Waals surface area contributed by atoms with Crippen LogP contribution in [0.2, 0.25) is 0 Å². The molecule has 2 amide bonds. The van der Waals surface area contributed by atoms with Crippen LogP contribution in [-0.2, 0) is 9.59 Å². The Labute approximate surface area is 140 Å². The number of likely N-dealkylation sites (tertiary alicyclic amines) is 1. The molecule has 2 rings (SSSR count). The first-order chi connectivity index (χ1) is 11.5. The highest BCUT2D eigenvalue weighted by atomic mass is 16.5. The lowest BCUT2D eigenvalue weighted by molar-refractivity contribution is -0.140. The molecular formula is C17H22N2O5. The summed E-state index contributed by atoms with van der Waals surface area (Å²) in [6.45, 7) is 2.37. The molecule has 1 aromatic rings. The lowest BCUT2D eigenvalue weighted by Crippen LogP contribution is -2.49. The highest BCUT2D eigenvalue weighted by Crippen LogP contribution is 2.25. The number of nitrogens with one attached hydrogen (secondary N) is 1. The van der Waals surface area contributed by atoms with Gasteiger partial charge in [0.15, 0.2) is 0 Å². The topological polar surface area (TPSA) is 95.9 Å². The van der Waals surface area contributed by atoms with Crippen LogP contribution in [0.5, 0.6) is 5.75 Å². The molecule has 2 N–H and O–H groups in total. The van der Waals surface area contributed by atoms with Crippen molar-refractivity contribution < 1.29 is 24.2 Å². The summed E-state index contributed by atoms with van der Waals surface area (Å²) in [4.78, 5) is 37.3. The van der Waals surface area contributed by atoms with E-state index in [9.17, 15) is 14.4 Å².